The molecule has 1 aliphatic rings. The van der Waals surface area contributed by atoms with Crippen LogP contribution in [0.25, 0.3) is 22.2 Å². The molecular formula is C28H38N6O2. The summed E-state index contributed by atoms with van der Waals surface area (Å²) in [5, 5.41) is 3.81. The molecule has 1 unspecified atom stereocenters. The van der Waals surface area contributed by atoms with Crippen molar-refractivity contribution in [2.45, 2.75) is 64.3 Å². The molecule has 6 N–H and O–H groups in total. The van der Waals surface area contributed by atoms with Crippen molar-refractivity contribution in [3.63, 3.8) is 0 Å². The van der Waals surface area contributed by atoms with Gasteiger partial charge in [-0.3, -0.25) is 9.78 Å². The molecule has 0 spiro atoms. The molecule has 0 saturated carbocycles. The van der Waals surface area contributed by atoms with E-state index in [1.165, 1.54) is 22.2 Å². The van der Waals surface area contributed by atoms with Crippen LogP contribution in [0.15, 0.2) is 36.5 Å². The number of likely N-dealkylation sites (tertiary alicyclic amines) is 1. The quantitative estimate of drug-likeness (QED) is 0.353. The number of carbonyl (C=O) groups excluding carboxylic acids is 2. The molecule has 1 saturated heterocycles. The summed E-state index contributed by atoms with van der Waals surface area (Å²) < 4.78 is 0. The van der Waals surface area contributed by atoms with Gasteiger partial charge in [-0.05, 0) is 79.8 Å². The van der Waals surface area contributed by atoms with Gasteiger partial charge in [0.15, 0.2) is 0 Å². The van der Waals surface area contributed by atoms with Crippen molar-refractivity contribution in [2.75, 3.05) is 19.6 Å². The molecule has 4 rings (SSSR count). The topological polar surface area (TPSA) is 130 Å². The molecular weight excluding hydrogens is 452 g/mol. The van der Waals surface area contributed by atoms with Crippen LogP contribution in [-0.4, -0.2) is 52.5 Å². The molecule has 1 fully saturated rings. The highest BCUT2D eigenvalue weighted by atomic mass is 16.2. The highest BCUT2D eigenvalue weighted by Gasteiger charge is 2.27. The maximum Gasteiger partial charge on any atom is 0.312 e. The largest absolute Gasteiger partial charge is 0.354 e. The van der Waals surface area contributed by atoms with Crippen LogP contribution in [0.1, 0.15) is 68.2 Å². The van der Waals surface area contributed by atoms with Gasteiger partial charge in [0.2, 0.25) is 5.91 Å². The zero-order valence-electron chi connectivity index (χ0n) is 21.5. The summed E-state index contributed by atoms with van der Waals surface area (Å²) in [6.45, 7) is 8.35. The number of fused-ring (bicyclic) bond motifs is 1. The number of carbonyl (C=O) groups is 2. The Hall–Kier alpha value is -3.39. The Kier molecular flexibility index (Phi) is 7.94. The fourth-order valence-corrected chi connectivity index (χ4v) is 5.34. The molecule has 0 bridgehead atoms. The van der Waals surface area contributed by atoms with Crippen LogP contribution in [0.3, 0.4) is 0 Å². The molecule has 8 heteroatoms. The number of hydrogen-bond acceptors (Lipinski definition) is 4. The molecule has 1 aliphatic heterocycles. The van der Waals surface area contributed by atoms with Crippen molar-refractivity contribution in [3.8, 4) is 11.3 Å². The van der Waals surface area contributed by atoms with Gasteiger partial charge in [0.1, 0.15) is 0 Å². The van der Waals surface area contributed by atoms with Crippen molar-refractivity contribution >= 4 is 22.8 Å². The van der Waals surface area contributed by atoms with Gasteiger partial charge >= 0.3 is 6.03 Å². The summed E-state index contributed by atoms with van der Waals surface area (Å²) in [6.07, 6.45) is 4.86. The summed E-state index contributed by atoms with van der Waals surface area (Å²) in [5.74, 6) is 0.778. The predicted octanol–water partition coefficient (Wildman–Crippen LogP) is 4.14. The van der Waals surface area contributed by atoms with Crippen molar-refractivity contribution in [3.05, 3.63) is 53.3 Å². The van der Waals surface area contributed by atoms with E-state index in [0.29, 0.717) is 44.3 Å². The molecule has 1 aromatic carbocycles. The third kappa shape index (κ3) is 5.70. The number of benzene rings is 1. The number of nitrogens with zero attached hydrogens (tertiary/aromatic N) is 2. The zero-order valence-corrected chi connectivity index (χ0v) is 21.5. The van der Waals surface area contributed by atoms with E-state index in [1.54, 1.807) is 0 Å². The lowest BCUT2D eigenvalue weighted by molar-refractivity contribution is -0.133. The Morgan fingerprint density at radius 1 is 1.19 bits per heavy atom. The minimum absolute atomic E-state index is 0.00649. The molecule has 8 nitrogen and oxygen atoms in total. The van der Waals surface area contributed by atoms with Gasteiger partial charge in [0.05, 0.1) is 11.7 Å². The Morgan fingerprint density at radius 3 is 2.61 bits per heavy atom. The number of pyridine rings is 1. The van der Waals surface area contributed by atoms with Gasteiger partial charge in [-0.2, -0.15) is 0 Å². The molecule has 3 aromatic rings. The van der Waals surface area contributed by atoms with Crippen LogP contribution in [0.2, 0.25) is 0 Å². The third-order valence-electron chi connectivity index (χ3n) is 7.21. The maximum atomic E-state index is 12.8. The van der Waals surface area contributed by atoms with E-state index in [0.717, 1.165) is 29.6 Å². The fourth-order valence-electron chi connectivity index (χ4n) is 5.34. The van der Waals surface area contributed by atoms with Crippen LogP contribution in [0.4, 0.5) is 4.79 Å². The molecule has 1 atom stereocenters. The monoisotopic (exact) mass is 490 g/mol. The van der Waals surface area contributed by atoms with Crippen molar-refractivity contribution < 1.29 is 9.59 Å². The van der Waals surface area contributed by atoms with Gasteiger partial charge in [-0.25, -0.2) is 4.79 Å². The van der Waals surface area contributed by atoms with Gasteiger partial charge in [0, 0.05) is 48.0 Å². The van der Waals surface area contributed by atoms with E-state index < -0.39 is 12.1 Å². The summed E-state index contributed by atoms with van der Waals surface area (Å²) in [7, 11) is 0. The first kappa shape index (κ1) is 25.7. The number of aromatic amines is 1. The second-order valence-corrected chi connectivity index (χ2v) is 10.2. The van der Waals surface area contributed by atoms with Gasteiger partial charge in [-0.15, -0.1) is 0 Å². The number of H-pyrrole nitrogens is 1. The molecule has 0 radical (unpaired) electrons. The van der Waals surface area contributed by atoms with Crippen LogP contribution < -0.4 is 16.8 Å². The lowest BCUT2D eigenvalue weighted by Crippen LogP contribution is -2.47. The molecule has 0 aliphatic carbocycles. The number of hydrogen-bond donors (Lipinski definition) is 4. The standard InChI is InChI=1S/C28H38N6O2/c1-17(2)25-22-16-20(6-7-24(22)33-26(25)21-8-12-31-18(3)15-21)19-9-13-34(14-10-19)27(35)23(29)5-4-11-32-28(30)36/h6-8,12,15-17,19,23,33H,4-5,9-11,13-14,29H2,1-3H3,(H3,30,32,36). The molecule has 3 heterocycles. The lowest BCUT2D eigenvalue weighted by atomic mass is 9.87. The van der Waals surface area contributed by atoms with Crippen LogP contribution in [0, 0.1) is 6.92 Å². The van der Waals surface area contributed by atoms with E-state index in [-0.39, 0.29) is 5.91 Å². The first-order valence-corrected chi connectivity index (χ1v) is 12.9. The van der Waals surface area contributed by atoms with Gasteiger partial charge in [-0.1, -0.05) is 19.9 Å². The normalized spacial score (nSPS) is 15.4. The number of nitrogens with two attached hydrogens (primary N) is 2. The molecule has 3 amide bonds. The Labute approximate surface area is 212 Å². The summed E-state index contributed by atoms with van der Waals surface area (Å²) >= 11 is 0. The minimum atomic E-state index is -0.556. The zero-order chi connectivity index (χ0) is 25.8. The van der Waals surface area contributed by atoms with Gasteiger partial charge < -0.3 is 26.7 Å². The maximum absolute atomic E-state index is 12.8. The van der Waals surface area contributed by atoms with Gasteiger partial charge in [0.25, 0.3) is 0 Å². The van der Waals surface area contributed by atoms with E-state index >= 15 is 0 Å². The van der Waals surface area contributed by atoms with E-state index in [1.807, 2.05) is 18.0 Å². The van der Waals surface area contributed by atoms with Crippen molar-refractivity contribution in [2.24, 2.45) is 11.5 Å². The average Bonchev–Trinajstić information content (AvgIpc) is 3.25. The first-order valence-electron chi connectivity index (χ1n) is 12.9. The highest BCUT2D eigenvalue weighted by molar-refractivity contribution is 5.92. The van der Waals surface area contributed by atoms with Crippen LogP contribution in [0.5, 0.6) is 0 Å². The van der Waals surface area contributed by atoms with Crippen molar-refractivity contribution in [1.29, 1.82) is 0 Å². The van der Waals surface area contributed by atoms with Crippen molar-refractivity contribution in [1.82, 2.24) is 20.2 Å². The van der Waals surface area contributed by atoms with E-state index in [9.17, 15) is 9.59 Å². The fraction of sp³-hybridized carbons (Fsp3) is 0.464. The van der Waals surface area contributed by atoms with E-state index in [2.05, 4.69) is 59.5 Å². The number of amides is 3. The SMILES string of the molecule is Cc1cc(-c2[nH]c3ccc(C4CCN(C(=O)C(N)CCCNC(N)=O)CC4)cc3c2C(C)C)ccn1. The molecule has 36 heavy (non-hydrogen) atoms. The number of aryl methyl sites for hydroxylation is 1. The van der Waals surface area contributed by atoms with Crippen LogP contribution in [-0.2, 0) is 4.79 Å². The average molecular weight is 491 g/mol. The molecule has 2 aromatic heterocycles. The summed E-state index contributed by atoms with van der Waals surface area (Å²) in [5.41, 5.74) is 18.4. The summed E-state index contributed by atoms with van der Waals surface area (Å²) in [6, 6.07) is 9.86. The number of piperidine rings is 1. The summed E-state index contributed by atoms with van der Waals surface area (Å²) in [4.78, 5) is 33.5. The smallest absolute Gasteiger partial charge is 0.312 e. The highest BCUT2D eigenvalue weighted by Crippen LogP contribution is 2.38. The number of aromatic nitrogens is 2. The molecule has 192 valence electrons. The Bertz CT molecular complexity index is 1230. The number of nitrogens with one attached hydrogen (secondary N) is 2. The lowest BCUT2D eigenvalue weighted by Gasteiger charge is -2.34. The second-order valence-electron chi connectivity index (χ2n) is 10.2. The van der Waals surface area contributed by atoms with Crippen LogP contribution >= 0.6 is 0 Å². The number of rotatable bonds is 8. The van der Waals surface area contributed by atoms with E-state index in [4.69, 9.17) is 11.5 Å². The predicted molar refractivity (Wildman–Crippen MR) is 144 cm³/mol. The number of primary amides is 1. The minimum Gasteiger partial charge on any atom is -0.354 e. The first-order chi connectivity index (χ1) is 17.2. The second kappa shape index (κ2) is 11.1. The number of urea groups is 1. The Morgan fingerprint density at radius 2 is 1.94 bits per heavy atom. The third-order valence-corrected chi connectivity index (χ3v) is 7.21. The Balaban J connectivity index is 1.45.